The zero-order valence-corrected chi connectivity index (χ0v) is 22.9. The van der Waals surface area contributed by atoms with Gasteiger partial charge in [-0.1, -0.05) is 26.7 Å². The molecule has 5 nitrogen and oxygen atoms in total. The number of aliphatic hydroxyl groups is 1. The summed E-state index contributed by atoms with van der Waals surface area (Å²) >= 11 is 0. The Hall–Kier alpha value is -0.880. The first-order valence-electron chi connectivity index (χ1n) is 15.3. The van der Waals surface area contributed by atoms with Crippen LogP contribution in [0.2, 0.25) is 0 Å². The topological polar surface area (TPSA) is 57.9 Å². The summed E-state index contributed by atoms with van der Waals surface area (Å²) in [6, 6.07) is 2.10. The summed E-state index contributed by atoms with van der Waals surface area (Å²) in [5, 5.41) is 16.4. The van der Waals surface area contributed by atoms with E-state index in [1.54, 1.807) is 6.26 Å². The molecule has 0 spiro atoms. The Morgan fingerprint density at radius 2 is 1.83 bits per heavy atom. The van der Waals surface area contributed by atoms with E-state index in [2.05, 4.69) is 30.1 Å². The third-order valence-corrected chi connectivity index (χ3v) is 12.3. The smallest absolute Gasteiger partial charge is 0.104 e. The number of likely N-dealkylation sites (tertiary alicyclic amines) is 1. The van der Waals surface area contributed by atoms with Crippen LogP contribution in [0.15, 0.2) is 23.0 Å². The lowest BCUT2D eigenvalue weighted by atomic mass is 9.43. The molecule has 7 atom stereocenters. The average Bonchev–Trinajstić information content (AvgIpc) is 3.63. The Labute approximate surface area is 218 Å². The molecule has 0 amide bonds. The van der Waals surface area contributed by atoms with E-state index in [9.17, 15) is 5.11 Å². The molecule has 1 aromatic heterocycles. The molecule has 0 radical (unpaired) electrons. The fraction of sp³-hybridized carbons (Fsp3) is 0.871. The third-order valence-electron chi connectivity index (χ3n) is 12.3. The maximum Gasteiger partial charge on any atom is 0.104 e. The van der Waals surface area contributed by atoms with Crippen molar-refractivity contribution in [1.82, 2.24) is 10.2 Å². The van der Waals surface area contributed by atoms with Gasteiger partial charge in [-0.2, -0.15) is 0 Å². The van der Waals surface area contributed by atoms with Gasteiger partial charge < -0.3 is 24.5 Å². The standard InChI is InChI=1S/C31H50N2O3/c1-28-12-4-3-7-24(28)8-9-27-26(28)10-13-29(2)30(27,34)14-15-31(29,25-11-21-35-23-25)36-22-17-32-16-20-33-18-5-6-19-33/h11,21,23-24,26-27,32,34H,3-10,12-20,22H2,1-2H3/t24?,26-,27-,28+,29+,30-,31?/m1/s1. The number of nitrogens with one attached hydrogen (secondary N) is 1. The van der Waals surface area contributed by atoms with E-state index >= 15 is 0 Å². The zero-order valence-electron chi connectivity index (χ0n) is 22.9. The molecule has 5 fully saturated rings. The van der Waals surface area contributed by atoms with Gasteiger partial charge in [0.2, 0.25) is 0 Å². The Balaban J connectivity index is 1.19. The van der Waals surface area contributed by atoms with Crippen molar-refractivity contribution >= 4 is 0 Å². The predicted octanol–water partition coefficient (Wildman–Crippen LogP) is 5.72. The van der Waals surface area contributed by atoms with Gasteiger partial charge in [0.25, 0.3) is 0 Å². The van der Waals surface area contributed by atoms with Gasteiger partial charge in [-0.25, -0.2) is 0 Å². The van der Waals surface area contributed by atoms with E-state index in [0.717, 1.165) is 50.4 Å². The molecule has 1 aliphatic heterocycles. The molecule has 1 aromatic rings. The van der Waals surface area contributed by atoms with Crippen molar-refractivity contribution in [2.45, 2.75) is 102 Å². The number of nitrogens with zero attached hydrogens (tertiary/aromatic N) is 1. The van der Waals surface area contributed by atoms with E-state index < -0.39 is 11.2 Å². The van der Waals surface area contributed by atoms with Crippen LogP contribution in [0.4, 0.5) is 0 Å². The Kier molecular flexibility index (Phi) is 6.84. The SMILES string of the molecule is C[C@]12CCCCC1CC[C@@H]1[C@H]2CC[C@]2(C)C(OCCNCCN3CCCC3)(c3ccoc3)CC[C@@]12O. The highest BCUT2D eigenvalue weighted by Gasteiger charge is 2.72. The van der Waals surface area contributed by atoms with Gasteiger partial charge in [-0.05, 0) is 107 Å². The normalized spacial score (nSPS) is 44.8. The van der Waals surface area contributed by atoms with Gasteiger partial charge in [0, 0.05) is 30.6 Å². The van der Waals surface area contributed by atoms with Gasteiger partial charge in [0.1, 0.15) is 5.60 Å². The lowest BCUT2D eigenvalue weighted by Gasteiger charge is -2.64. The number of hydrogen-bond acceptors (Lipinski definition) is 5. The second kappa shape index (κ2) is 9.70. The predicted molar refractivity (Wildman–Crippen MR) is 143 cm³/mol. The number of hydrogen-bond donors (Lipinski definition) is 2. The summed E-state index contributed by atoms with van der Waals surface area (Å²) in [4.78, 5) is 2.55. The third kappa shape index (κ3) is 3.78. The molecule has 4 aliphatic carbocycles. The first kappa shape index (κ1) is 25.4. The zero-order chi connectivity index (χ0) is 24.9. The summed E-state index contributed by atoms with van der Waals surface area (Å²) in [7, 11) is 0. The molecule has 2 unspecified atom stereocenters. The molecule has 2 N–H and O–H groups in total. The van der Waals surface area contributed by atoms with E-state index in [0.29, 0.717) is 23.9 Å². The Morgan fingerprint density at radius 1 is 0.972 bits per heavy atom. The minimum Gasteiger partial charge on any atom is -0.472 e. The molecule has 6 rings (SSSR count). The van der Waals surface area contributed by atoms with Crippen LogP contribution in [0.5, 0.6) is 0 Å². The summed E-state index contributed by atoms with van der Waals surface area (Å²) in [6.07, 6.45) is 18.4. The van der Waals surface area contributed by atoms with Gasteiger partial charge in [0.15, 0.2) is 0 Å². The molecular weight excluding hydrogens is 448 g/mol. The van der Waals surface area contributed by atoms with E-state index in [1.807, 2.05) is 6.26 Å². The minimum atomic E-state index is -0.665. The second-order valence-corrected chi connectivity index (χ2v) is 13.5. The number of furan rings is 1. The average molecular weight is 499 g/mol. The van der Waals surface area contributed by atoms with Crippen LogP contribution in [0.1, 0.15) is 96.5 Å². The summed E-state index contributed by atoms with van der Waals surface area (Å²) in [5.41, 5.74) is 0.120. The van der Waals surface area contributed by atoms with Crippen LogP contribution in [-0.4, -0.2) is 54.9 Å². The van der Waals surface area contributed by atoms with E-state index in [-0.39, 0.29) is 5.41 Å². The van der Waals surface area contributed by atoms with Crippen LogP contribution in [0.3, 0.4) is 0 Å². The van der Waals surface area contributed by atoms with Gasteiger partial charge in [0.05, 0.1) is 24.7 Å². The van der Waals surface area contributed by atoms with E-state index in [4.69, 9.17) is 9.15 Å². The molecular formula is C31H50N2O3. The lowest BCUT2D eigenvalue weighted by Crippen LogP contribution is -2.64. The lowest BCUT2D eigenvalue weighted by molar-refractivity contribution is -0.246. The summed E-state index contributed by atoms with van der Waals surface area (Å²) in [6.45, 7) is 11.1. The van der Waals surface area contributed by atoms with Crippen LogP contribution in [-0.2, 0) is 10.3 Å². The molecule has 5 heteroatoms. The van der Waals surface area contributed by atoms with E-state index in [1.165, 1.54) is 70.9 Å². The molecule has 202 valence electrons. The number of rotatable bonds is 8. The van der Waals surface area contributed by atoms with Crippen molar-refractivity contribution < 1.29 is 14.3 Å². The molecule has 0 aromatic carbocycles. The molecule has 4 saturated carbocycles. The quantitative estimate of drug-likeness (QED) is 0.449. The molecule has 5 aliphatic rings. The number of ether oxygens (including phenoxy) is 1. The maximum absolute atomic E-state index is 12.7. The van der Waals surface area contributed by atoms with Gasteiger partial charge in [-0.3, -0.25) is 0 Å². The fourth-order valence-electron chi connectivity index (χ4n) is 10.2. The molecule has 2 heterocycles. The van der Waals surface area contributed by atoms with Gasteiger partial charge >= 0.3 is 0 Å². The number of fused-ring (bicyclic) bond motifs is 5. The largest absolute Gasteiger partial charge is 0.472 e. The van der Waals surface area contributed by atoms with Crippen molar-refractivity contribution in [1.29, 1.82) is 0 Å². The Bertz CT molecular complexity index is 884. The van der Waals surface area contributed by atoms with Crippen molar-refractivity contribution in [2.24, 2.45) is 28.6 Å². The first-order chi connectivity index (χ1) is 17.4. The van der Waals surface area contributed by atoms with Crippen molar-refractivity contribution in [2.75, 3.05) is 39.3 Å². The van der Waals surface area contributed by atoms with Crippen LogP contribution in [0, 0.1) is 28.6 Å². The monoisotopic (exact) mass is 498 g/mol. The van der Waals surface area contributed by atoms with Crippen LogP contribution < -0.4 is 5.32 Å². The van der Waals surface area contributed by atoms with Crippen molar-refractivity contribution in [3.05, 3.63) is 24.2 Å². The molecule has 1 saturated heterocycles. The van der Waals surface area contributed by atoms with Crippen molar-refractivity contribution in [3.63, 3.8) is 0 Å². The maximum atomic E-state index is 12.7. The van der Waals surface area contributed by atoms with Gasteiger partial charge in [-0.15, -0.1) is 0 Å². The fourth-order valence-corrected chi connectivity index (χ4v) is 10.2. The first-order valence-corrected chi connectivity index (χ1v) is 15.3. The molecule has 36 heavy (non-hydrogen) atoms. The second-order valence-electron chi connectivity index (χ2n) is 13.5. The highest BCUT2D eigenvalue weighted by molar-refractivity contribution is 5.31. The van der Waals surface area contributed by atoms with Crippen LogP contribution >= 0.6 is 0 Å². The molecule has 0 bridgehead atoms. The highest BCUT2D eigenvalue weighted by atomic mass is 16.5. The van der Waals surface area contributed by atoms with Crippen LogP contribution in [0.25, 0.3) is 0 Å². The highest BCUT2D eigenvalue weighted by Crippen LogP contribution is 2.72. The summed E-state index contributed by atoms with van der Waals surface area (Å²) < 4.78 is 12.6. The minimum absolute atomic E-state index is 0.293. The Morgan fingerprint density at radius 3 is 2.64 bits per heavy atom. The van der Waals surface area contributed by atoms with Crippen molar-refractivity contribution in [3.8, 4) is 0 Å². The summed E-state index contributed by atoms with van der Waals surface area (Å²) in [5.74, 6) is 1.91.